The predicted octanol–water partition coefficient (Wildman–Crippen LogP) is 3.51. The van der Waals surface area contributed by atoms with Gasteiger partial charge in [0.05, 0.1) is 11.8 Å². The maximum Gasteiger partial charge on any atom is 0.419 e. The van der Waals surface area contributed by atoms with Crippen molar-refractivity contribution in [3.8, 4) is 0 Å². The first-order chi connectivity index (χ1) is 6.41. The summed E-state index contributed by atoms with van der Waals surface area (Å²) in [6, 6.07) is -0.0406. The van der Waals surface area contributed by atoms with E-state index in [9.17, 15) is 13.2 Å². The zero-order valence-corrected chi connectivity index (χ0v) is 8.76. The summed E-state index contributed by atoms with van der Waals surface area (Å²) in [4.78, 5) is 0. The van der Waals surface area contributed by atoms with Gasteiger partial charge in [-0.1, -0.05) is 13.8 Å². The molecule has 0 aliphatic carbocycles. The van der Waals surface area contributed by atoms with Gasteiger partial charge in [0.2, 0.25) is 0 Å². The molecule has 0 fully saturated rings. The molecule has 0 radical (unpaired) electrons. The molecule has 1 heterocycles. The second-order valence-corrected chi connectivity index (χ2v) is 2.80. The van der Waals surface area contributed by atoms with Crippen molar-refractivity contribution in [2.45, 2.75) is 39.9 Å². The summed E-state index contributed by atoms with van der Waals surface area (Å²) >= 11 is 0. The average Bonchev–Trinajstić information content (AvgIpc) is 2.54. The highest BCUT2D eigenvalue weighted by Crippen LogP contribution is 2.28. The Morgan fingerprint density at radius 3 is 2.00 bits per heavy atom. The Labute approximate surface area is 81.7 Å². The molecule has 0 unspecified atom stereocenters. The molecule has 0 saturated carbocycles. The summed E-state index contributed by atoms with van der Waals surface area (Å²) in [5.74, 6) is 0. The van der Waals surface area contributed by atoms with E-state index in [1.165, 1.54) is 4.68 Å². The Morgan fingerprint density at radius 1 is 1.29 bits per heavy atom. The molecule has 14 heavy (non-hydrogen) atoms. The Balaban J connectivity index is 0.000000791. The lowest BCUT2D eigenvalue weighted by Crippen LogP contribution is -2.04. The Kier molecular flexibility index (Phi) is 4.67. The van der Waals surface area contributed by atoms with Crippen LogP contribution in [0.1, 0.15) is 39.3 Å². The molecule has 2 nitrogen and oxygen atoms in total. The SMILES string of the molecule is CC.CC(C)n1cc(C(F)(F)F)cn1. The van der Waals surface area contributed by atoms with E-state index in [1.54, 1.807) is 13.8 Å². The molecular weight excluding hydrogens is 193 g/mol. The van der Waals surface area contributed by atoms with E-state index in [2.05, 4.69) is 5.10 Å². The van der Waals surface area contributed by atoms with Crippen LogP contribution in [0.2, 0.25) is 0 Å². The van der Waals surface area contributed by atoms with Gasteiger partial charge in [0.15, 0.2) is 0 Å². The van der Waals surface area contributed by atoms with Crippen LogP contribution in [0.15, 0.2) is 12.4 Å². The van der Waals surface area contributed by atoms with Crippen molar-refractivity contribution in [2.24, 2.45) is 0 Å². The van der Waals surface area contributed by atoms with Crippen LogP contribution in [-0.2, 0) is 6.18 Å². The summed E-state index contributed by atoms with van der Waals surface area (Å²) in [6.07, 6.45) is -2.45. The fourth-order valence-corrected chi connectivity index (χ4v) is 0.767. The van der Waals surface area contributed by atoms with Crippen LogP contribution in [-0.4, -0.2) is 9.78 Å². The minimum Gasteiger partial charge on any atom is -0.270 e. The number of hydrogen-bond donors (Lipinski definition) is 0. The number of rotatable bonds is 1. The molecule has 0 aliphatic heterocycles. The van der Waals surface area contributed by atoms with E-state index in [4.69, 9.17) is 0 Å². The van der Waals surface area contributed by atoms with E-state index in [-0.39, 0.29) is 6.04 Å². The second-order valence-electron chi connectivity index (χ2n) is 2.80. The molecule has 0 saturated heterocycles. The monoisotopic (exact) mass is 208 g/mol. The lowest BCUT2D eigenvalue weighted by molar-refractivity contribution is -0.137. The van der Waals surface area contributed by atoms with Crippen molar-refractivity contribution < 1.29 is 13.2 Å². The highest BCUT2D eigenvalue weighted by atomic mass is 19.4. The summed E-state index contributed by atoms with van der Waals surface area (Å²) in [5.41, 5.74) is -0.698. The molecule has 0 aliphatic rings. The van der Waals surface area contributed by atoms with Crippen molar-refractivity contribution >= 4 is 0 Å². The van der Waals surface area contributed by atoms with E-state index in [1.807, 2.05) is 13.8 Å². The molecule has 0 amide bonds. The molecule has 1 aromatic heterocycles. The van der Waals surface area contributed by atoms with Gasteiger partial charge in [-0.2, -0.15) is 18.3 Å². The molecule has 0 spiro atoms. The Hall–Kier alpha value is -1.00. The third-order valence-corrected chi connectivity index (χ3v) is 1.46. The number of hydrogen-bond acceptors (Lipinski definition) is 1. The predicted molar refractivity (Wildman–Crippen MR) is 49.0 cm³/mol. The molecule has 1 aromatic rings. The molecule has 0 atom stereocenters. The highest BCUT2D eigenvalue weighted by Gasteiger charge is 2.32. The Morgan fingerprint density at radius 2 is 1.79 bits per heavy atom. The maximum atomic E-state index is 12.0. The van der Waals surface area contributed by atoms with Crippen molar-refractivity contribution in [2.75, 3.05) is 0 Å². The zero-order valence-electron chi connectivity index (χ0n) is 8.76. The topological polar surface area (TPSA) is 17.8 Å². The smallest absolute Gasteiger partial charge is 0.270 e. The van der Waals surface area contributed by atoms with Gasteiger partial charge in [0, 0.05) is 12.2 Å². The van der Waals surface area contributed by atoms with E-state index >= 15 is 0 Å². The third-order valence-electron chi connectivity index (χ3n) is 1.46. The summed E-state index contributed by atoms with van der Waals surface area (Å²) in [6.45, 7) is 7.54. The van der Waals surface area contributed by atoms with Gasteiger partial charge < -0.3 is 0 Å². The van der Waals surface area contributed by atoms with Crippen LogP contribution in [0.3, 0.4) is 0 Å². The Bertz CT molecular complexity index is 263. The van der Waals surface area contributed by atoms with Gasteiger partial charge in [0.25, 0.3) is 0 Å². The van der Waals surface area contributed by atoms with Crippen LogP contribution in [0.4, 0.5) is 13.2 Å². The first-order valence-electron chi connectivity index (χ1n) is 4.52. The average molecular weight is 208 g/mol. The van der Waals surface area contributed by atoms with Crippen molar-refractivity contribution in [1.82, 2.24) is 9.78 Å². The van der Waals surface area contributed by atoms with Gasteiger partial charge in [-0.15, -0.1) is 0 Å². The zero-order chi connectivity index (χ0) is 11.4. The van der Waals surface area contributed by atoms with Crippen LogP contribution in [0.5, 0.6) is 0 Å². The minimum absolute atomic E-state index is 0.0406. The number of alkyl halides is 3. The van der Waals surface area contributed by atoms with Crippen LogP contribution in [0.25, 0.3) is 0 Å². The van der Waals surface area contributed by atoms with Crippen molar-refractivity contribution in [3.05, 3.63) is 18.0 Å². The maximum absolute atomic E-state index is 12.0. The fraction of sp³-hybridized carbons (Fsp3) is 0.667. The quantitative estimate of drug-likeness (QED) is 0.690. The summed E-state index contributed by atoms with van der Waals surface area (Å²) < 4.78 is 37.3. The number of halogens is 3. The van der Waals surface area contributed by atoms with Crippen LogP contribution >= 0.6 is 0 Å². The van der Waals surface area contributed by atoms with Gasteiger partial charge in [0.1, 0.15) is 0 Å². The van der Waals surface area contributed by atoms with E-state index < -0.39 is 11.7 Å². The van der Waals surface area contributed by atoms with Gasteiger partial charge in [-0.3, -0.25) is 4.68 Å². The minimum atomic E-state index is -4.28. The number of aromatic nitrogens is 2. The largest absolute Gasteiger partial charge is 0.419 e. The molecule has 0 aromatic carbocycles. The van der Waals surface area contributed by atoms with Gasteiger partial charge >= 0.3 is 6.18 Å². The fourth-order valence-electron chi connectivity index (χ4n) is 0.767. The molecule has 1 rings (SSSR count). The highest BCUT2D eigenvalue weighted by molar-refractivity contribution is 5.08. The molecular formula is C9H15F3N2. The first kappa shape index (κ1) is 13.0. The number of nitrogens with zero attached hydrogens (tertiary/aromatic N) is 2. The van der Waals surface area contributed by atoms with Crippen molar-refractivity contribution in [3.63, 3.8) is 0 Å². The van der Waals surface area contributed by atoms with Gasteiger partial charge in [-0.25, -0.2) is 0 Å². The van der Waals surface area contributed by atoms with Gasteiger partial charge in [-0.05, 0) is 13.8 Å². The third kappa shape index (κ3) is 3.40. The van der Waals surface area contributed by atoms with E-state index in [0.717, 1.165) is 12.4 Å². The molecule has 0 N–H and O–H groups in total. The first-order valence-corrected chi connectivity index (χ1v) is 4.52. The lowest BCUT2D eigenvalue weighted by atomic mass is 10.3. The summed E-state index contributed by atoms with van der Waals surface area (Å²) in [7, 11) is 0. The normalized spacial score (nSPS) is 11.1. The molecule has 5 heteroatoms. The molecule has 0 bridgehead atoms. The van der Waals surface area contributed by atoms with Crippen LogP contribution in [0, 0.1) is 0 Å². The van der Waals surface area contributed by atoms with Crippen LogP contribution < -0.4 is 0 Å². The standard InChI is InChI=1S/C7H9F3N2.C2H6/c1-5(2)12-4-6(3-11-12)7(8,9)10;1-2/h3-5H,1-2H3;1-2H3. The lowest BCUT2D eigenvalue weighted by Gasteiger charge is -2.04. The van der Waals surface area contributed by atoms with E-state index in [0.29, 0.717) is 0 Å². The van der Waals surface area contributed by atoms with Crippen molar-refractivity contribution in [1.29, 1.82) is 0 Å². The molecule has 82 valence electrons. The summed E-state index contributed by atoms with van der Waals surface area (Å²) in [5, 5.41) is 3.58. The second kappa shape index (κ2) is 5.02.